The molecule has 0 aliphatic rings. The van der Waals surface area contributed by atoms with Crippen LogP contribution in [0.5, 0.6) is 0 Å². The molecule has 0 fully saturated rings. The molecule has 2 heteroatoms. The Hall–Kier alpha value is -0.140. The third-order valence-electron chi connectivity index (χ3n) is 1.12. The van der Waals surface area contributed by atoms with Crippen molar-refractivity contribution in [1.29, 1.82) is 0 Å². The Kier molecular flexibility index (Phi) is 2.43. The van der Waals surface area contributed by atoms with Crippen LogP contribution in [-0.4, -0.2) is 0 Å². The second kappa shape index (κ2) is 3.14. The predicted octanol–water partition coefficient (Wildman–Crippen LogP) is 1.85. The second-order valence-electron chi connectivity index (χ2n) is 1.80. The molecule has 0 saturated carbocycles. The molecule has 0 spiro atoms. The topological polar surface area (TPSA) is 0 Å². The van der Waals surface area contributed by atoms with Gasteiger partial charge in [-0.2, -0.15) is 0 Å². The van der Waals surface area contributed by atoms with Gasteiger partial charge in [0.2, 0.25) is 0 Å². The minimum absolute atomic E-state index is 0.791. The summed E-state index contributed by atoms with van der Waals surface area (Å²) in [6, 6.07) is 7.76. The number of hydrogen-bond acceptors (Lipinski definition) is 0. The van der Waals surface area contributed by atoms with E-state index in [4.69, 9.17) is 11.6 Å². The van der Waals surface area contributed by atoms with Gasteiger partial charge < -0.3 is 0 Å². The maximum absolute atomic E-state index is 5.65. The molecule has 0 radical (unpaired) electrons. The van der Waals surface area contributed by atoms with E-state index in [2.05, 4.69) is 12.6 Å². The maximum atomic E-state index is 5.65. The van der Waals surface area contributed by atoms with Crippen molar-refractivity contribution in [1.82, 2.24) is 0 Å². The van der Waals surface area contributed by atoms with Crippen molar-refractivity contribution in [2.75, 3.05) is 0 Å². The van der Waals surface area contributed by atoms with Gasteiger partial charge in [0.1, 0.15) is 5.75 Å². The smallest absolute Gasteiger partial charge is 0.0843 e. The summed E-state index contributed by atoms with van der Waals surface area (Å²) < 4.78 is 0. The third kappa shape index (κ3) is 1.92. The fraction of sp³-hybridized carbons (Fsp3) is 0.143. The minimum atomic E-state index is 0.791. The van der Waals surface area contributed by atoms with Gasteiger partial charge >= 0.3 is 0 Å². The Morgan fingerprint density at radius 3 is 2.22 bits per heavy atom. The van der Waals surface area contributed by atoms with Gasteiger partial charge in [0.25, 0.3) is 0 Å². The van der Waals surface area contributed by atoms with Crippen LogP contribution < -0.4 is 0 Å². The van der Waals surface area contributed by atoms with Gasteiger partial charge in [-0.3, -0.25) is 0 Å². The lowest BCUT2D eigenvalue weighted by atomic mass is 10.2. The van der Waals surface area contributed by atoms with Crippen LogP contribution in [0.4, 0.5) is 0 Å². The van der Waals surface area contributed by atoms with Crippen molar-refractivity contribution in [3.63, 3.8) is 0 Å². The Labute approximate surface area is 65.3 Å². The quantitative estimate of drug-likeness (QED) is 0.549. The van der Waals surface area contributed by atoms with Crippen molar-refractivity contribution in [2.24, 2.45) is 0 Å². The van der Waals surface area contributed by atoms with Crippen LogP contribution in [0.25, 0.3) is 0 Å². The van der Waals surface area contributed by atoms with E-state index in [1.807, 2.05) is 24.3 Å². The summed E-state index contributed by atoms with van der Waals surface area (Å²) in [4.78, 5) is 0. The van der Waals surface area contributed by atoms with E-state index in [0.717, 1.165) is 10.8 Å². The van der Waals surface area contributed by atoms with Gasteiger partial charge in [0, 0.05) is 10.6 Å². The van der Waals surface area contributed by atoms with Gasteiger partial charge in [-0.15, -0.1) is 0 Å². The van der Waals surface area contributed by atoms with Crippen LogP contribution in [-0.2, 0) is 18.4 Å². The number of halogens is 1. The molecule has 0 saturated heterocycles. The fourth-order valence-electron chi connectivity index (χ4n) is 0.602. The number of rotatable bonds is 1. The zero-order valence-electron chi connectivity index (χ0n) is 4.89. The molecule has 9 heavy (non-hydrogen) atoms. The first kappa shape index (κ1) is 6.97. The molecular formula is C7H8ClS+. The summed E-state index contributed by atoms with van der Waals surface area (Å²) in [6.45, 7) is 0. The standard InChI is InChI=1S/C7H7ClS/c8-7-3-1-6(5-9)2-4-7/h1-4,9H,5H2/p+1. The van der Waals surface area contributed by atoms with Crippen LogP contribution in [0.15, 0.2) is 24.3 Å². The van der Waals surface area contributed by atoms with Gasteiger partial charge in [-0.1, -0.05) is 23.7 Å². The van der Waals surface area contributed by atoms with E-state index in [1.54, 1.807) is 0 Å². The summed E-state index contributed by atoms with van der Waals surface area (Å²) in [7, 11) is 0. The average molecular weight is 160 g/mol. The van der Waals surface area contributed by atoms with Gasteiger partial charge in [0.15, 0.2) is 0 Å². The molecule has 0 atom stereocenters. The third-order valence-corrected chi connectivity index (χ3v) is 1.78. The fourth-order valence-corrected chi connectivity index (χ4v) is 0.964. The molecule has 48 valence electrons. The summed E-state index contributed by atoms with van der Waals surface area (Å²) in [5, 5.41) is 0.791. The van der Waals surface area contributed by atoms with Gasteiger partial charge in [0.05, 0.1) is 0 Å². The summed E-state index contributed by atoms with van der Waals surface area (Å²) in [5.41, 5.74) is 1.25. The molecule has 0 N–H and O–H groups in total. The SMILES string of the molecule is [SH2+]Cc1ccc(Cl)cc1. The average Bonchev–Trinajstić information content (AvgIpc) is 1.90. The normalized spacial score (nSPS) is 9.56. The highest BCUT2D eigenvalue weighted by molar-refractivity contribution is 7.57. The molecule has 1 aromatic rings. The molecule has 0 aromatic heterocycles. The van der Waals surface area contributed by atoms with E-state index >= 15 is 0 Å². The molecule has 0 heterocycles. The first-order valence-electron chi connectivity index (χ1n) is 2.72. The second-order valence-corrected chi connectivity index (χ2v) is 2.59. The van der Waals surface area contributed by atoms with E-state index in [9.17, 15) is 0 Å². The molecule has 0 nitrogen and oxygen atoms in total. The highest BCUT2D eigenvalue weighted by atomic mass is 35.5. The van der Waals surface area contributed by atoms with E-state index in [-0.39, 0.29) is 0 Å². The molecule has 0 aliphatic heterocycles. The summed E-state index contributed by atoms with van der Waals surface area (Å²) in [5.74, 6) is 0.886. The van der Waals surface area contributed by atoms with Crippen LogP contribution >= 0.6 is 11.6 Å². The number of benzene rings is 1. The Bertz CT molecular complexity index is 181. The van der Waals surface area contributed by atoms with Crippen molar-refractivity contribution < 1.29 is 0 Å². The van der Waals surface area contributed by atoms with Gasteiger partial charge in [-0.25, -0.2) is 0 Å². The molecule has 0 aliphatic carbocycles. The first-order valence-corrected chi connectivity index (χ1v) is 3.80. The van der Waals surface area contributed by atoms with Crippen LogP contribution in [0.2, 0.25) is 5.02 Å². The zero-order valence-corrected chi connectivity index (χ0v) is 6.65. The lowest BCUT2D eigenvalue weighted by molar-refractivity contribution is 1.43. The zero-order chi connectivity index (χ0) is 6.69. The molecule has 1 rings (SSSR count). The highest BCUT2D eigenvalue weighted by Crippen LogP contribution is 2.08. The molecule has 0 amide bonds. The van der Waals surface area contributed by atoms with Crippen LogP contribution in [0, 0.1) is 0 Å². The number of hydrogen-bond donors (Lipinski definition) is 0. The minimum Gasteiger partial charge on any atom is -0.0843 e. The molecule has 1 aromatic carbocycles. The van der Waals surface area contributed by atoms with Crippen molar-refractivity contribution in [3.05, 3.63) is 34.9 Å². The van der Waals surface area contributed by atoms with E-state index < -0.39 is 0 Å². The van der Waals surface area contributed by atoms with E-state index in [0.29, 0.717) is 0 Å². The highest BCUT2D eigenvalue weighted by Gasteiger charge is 1.89. The first-order chi connectivity index (χ1) is 4.33. The predicted molar refractivity (Wildman–Crippen MR) is 45.3 cm³/mol. The maximum Gasteiger partial charge on any atom is 0.128 e. The summed E-state index contributed by atoms with van der Waals surface area (Å²) in [6.07, 6.45) is 0. The summed E-state index contributed by atoms with van der Waals surface area (Å²) >= 11 is 9.04. The Morgan fingerprint density at radius 1 is 1.22 bits per heavy atom. The molecule has 0 unspecified atom stereocenters. The Balaban J connectivity index is 2.88. The van der Waals surface area contributed by atoms with Crippen LogP contribution in [0.1, 0.15) is 5.56 Å². The van der Waals surface area contributed by atoms with E-state index in [1.165, 1.54) is 5.56 Å². The van der Waals surface area contributed by atoms with Crippen molar-refractivity contribution >= 4 is 24.2 Å². The van der Waals surface area contributed by atoms with Crippen LogP contribution in [0.3, 0.4) is 0 Å². The van der Waals surface area contributed by atoms with Gasteiger partial charge in [-0.05, 0) is 24.8 Å². The monoisotopic (exact) mass is 159 g/mol. The van der Waals surface area contributed by atoms with Crippen molar-refractivity contribution in [2.45, 2.75) is 5.75 Å². The molecular weight excluding hydrogens is 152 g/mol. The lowest BCUT2D eigenvalue weighted by Crippen LogP contribution is -1.76. The van der Waals surface area contributed by atoms with Crippen molar-refractivity contribution in [3.8, 4) is 0 Å². The molecule has 0 bridgehead atoms. The lowest BCUT2D eigenvalue weighted by Gasteiger charge is -1.89. The largest absolute Gasteiger partial charge is 0.128 e. The Morgan fingerprint density at radius 2 is 1.78 bits per heavy atom.